The van der Waals surface area contributed by atoms with E-state index in [0.717, 1.165) is 23.4 Å². The molecular formula is C16H25NO3. The van der Waals surface area contributed by atoms with Crippen molar-refractivity contribution in [1.82, 2.24) is 0 Å². The van der Waals surface area contributed by atoms with Crippen molar-refractivity contribution in [3.05, 3.63) is 23.8 Å². The van der Waals surface area contributed by atoms with E-state index in [2.05, 4.69) is 5.32 Å². The van der Waals surface area contributed by atoms with Crippen molar-refractivity contribution < 1.29 is 14.3 Å². The minimum Gasteiger partial charge on any atom is -0.496 e. The average Bonchev–Trinajstić information content (AvgIpc) is 2.44. The molecule has 0 aliphatic carbocycles. The molecule has 0 aliphatic heterocycles. The summed E-state index contributed by atoms with van der Waals surface area (Å²) >= 11 is 0. The van der Waals surface area contributed by atoms with E-state index in [4.69, 9.17) is 9.47 Å². The van der Waals surface area contributed by atoms with E-state index >= 15 is 0 Å². The van der Waals surface area contributed by atoms with Crippen LogP contribution in [0, 0.1) is 6.92 Å². The van der Waals surface area contributed by atoms with Gasteiger partial charge in [0.1, 0.15) is 11.4 Å². The smallest absolute Gasteiger partial charge is 0.256 e. The molecule has 0 heterocycles. The SMILES string of the molecule is CCCO[C@@](C)(CC)C(=O)Nc1ccc(OC)c(C)c1. The van der Waals surface area contributed by atoms with Gasteiger partial charge in [0, 0.05) is 12.3 Å². The first kappa shape index (κ1) is 16.5. The highest BCUT2D eigenvalue weighted by atomic mass is 16.5. The molecule has 1 aromatic rings. The summed E-state index contributed by atoms with van der Waals surface area (Å²) in [5.41, 5.74) is 0.954. The predicted octanol–water partition coefficient (Wildman–Crippen LogP) is 3.54. The van der Waals surface area contributed by atoms with Crippen LogP contribution in [0.2, 0.25) is 0 Å². The Balaban J connectivity index is 2.80. The standard InChI is InChI=1S/C16H25NO3/c1-6-10-20-16(4,7-2)15(18)17-13-8-9-14(19-5)12(3)11-13/h8-9,11H,6-7,10H2,1-5H3,(H,17,18)/t16-/m0/s1. The van der Waals surface area contributed by atoms with Gasteiger partial charge in [-0.1, -0.05) is 13.8 Å². The summed E-state index contributed by atoms with van der Waals surface area (Å²) in [6.07, 6.45) is 1.53. The Morgan fingerprint density at radius 1 is 1.35 bits per heavy atom. The van der Waals surface area contributed by atoms with Gasteiger partial charge in [0.05, 0.1) is 7.11 Å². The van der Waals surface area contributed by atoms with Gasteiger partial charge in [0.2, 0.25) is 0 Å². The molecule has 0 bridgehead atoms. The average molecular weight is 279 g/mol. The monoisotopic (exact) mass is 279 g/mol. The normalized spacial score (nSPS) is 13.7. The number of rotatable bonds is 7. The zero-order valence-electron chi connectivity index (χ0n) is 13.1. The molecule has 1 aromatic carbocycles. The van der Waals surface area contributed by atoms with Crippen molar-refractivity contribution in [2.45, 2.75) is 46.1 Å². The topological polar surface area (TPSA) is 47.6 Å². The minimum atomic E-state index is -0.788. The molecule has 1 amide bonds. The van der Waals surface area contributed by atoms with Crippen LogP contribution in [0.5, 0.6) is 5.75 Å². The number of methoxy groups -OCH3 is 1. The maximum absolute atomic E-state index is 12.4. The summed E-state index contributed by atoms with van der Waals surface area (Å²) in [5, 5.41) is 2.91. The first-order chi connectivity index (χ1) is 9.46. The molecule has 1 rings (SSSR count). The molecule has 4 heteroatoms. The number of hydrogen-bond acceptors (Lipinski definition) is 3. The third kappa shape index (κ3) is 3.97. The van der Waals surface area contributed by atoms with E-state index in [1.165, 1.54) is 0 Å². The largest absolute Gasteiger partial charge is 0.496 e. The van der Waals surface area contributed by atoms with Gasteiger partial charge < -0.3 is 14.8 Å². The fraction of sp³-hybridized carbons (Fsp3) is 0.562. The zero-order chi connectivity index (χ0) is 15.2. The maximum atomic E-state index is 12.4. The molecule has 112 valence electrons. The minimum absolute atomic E-state index is 0.113. The van der Waals surface area contributed by atoms with E-state index in [-0.39, 0.29) is 5.91 Å². The predicted molar refractivity (Wildman–Crippen MR) is 81.3 cm³/mol. The van der Waals surface area contributed by atoms with E-state index in [1.54, 1.807) is 7.11 Å². The fourth-order valence-electron chi connectivity index (χ4n) is 1.87. The van der Waals surface area contributed by atoms with Crippen molar-refractivity contribution in [2.75, 3.05) is 19.0 Å². The molecule has 0 unspecified atom stereocenters. The van der Waals surface area contributed by atoms with Gasteiger partial charge in [-0.05, 0) is 50.5 Å². The van der Waals surface area contributed by atoms with Crippen molar-refractivity contribution >= 4 is 11.6 Å². The highest BCUT2D eigenvalue weighted by Gasteiger charge is 2.32. The summed E-state index contributed by atoms with van der Waals surface area (Å²) < 4.78 is 10.9. The molecule has 4 nitrogen and oxygen atoms in total. The lowest BCUT2D eigenvalue weighted by atomic mass is 10.0. The quantitative estimate of drug-likeness (QED) is 0.830. The van der Waals surface area contributed by atoms with Gasteiger partial charge in [-0.2, -0.15) is 0 Å². The van der Waals surface area contributed by atoms with Gasteiger partial charge in [0.25, 0.3) is 5.91 Å². The van der Waals surface area contributed by atoms with Gasteiger partial charge in [-0.25, -0.2) is 0 Å². The number of aryl methyl sites for hydroxylation is 1. The highest BCUT2D eigenvalue weighted by Crippen LogP contribution is 2.23. The third-order valence-corrected chi connectivity index (χ3v) is 3.43. The van der Waals surface area contributed by atoms with Crippen molar-refractivity contribution in [2.24, 2.45) is 0 Å². The van der Waals surface area contributed by atoms with Crippen LogP contribution in [0.15, 0.2) is 18.2 Å². The Kier molecular flexibility index (Phi) is 6.02. The van der Waals surface area contributed by atoms with E-state index < -0.39 is 5.60 Å². The Morgan fingerprint density at radius 3 is 2.55 bits per heavy atom. The second-order valence-electron chi connectivity index (χ2n) is 5.07. The number of anilines is 1. The second kappa shape index (κ2) is 7.29. The number of carbonyl (C=O) groups is 1. The fourth-order valence-corrected chi connectivity index (χ4v) is 1.87. The summed E-state index contributed by atoms with van der Waals surface area (Å²) in [5.74, 6) is 0.696. The molecular weight excluding hydrogens is 254 g/mol. The maximum Gasteiger partial charge on any atom is 0.256 e. The Bertz CT molecular complexity index is 459. The zero-order valence-corrected chi connectivity index (χ0v) is 13.1. The lowest BCUT2D eigenvalue weighted by Gasteiger charge is -2.27. The number of hydrogen-bond donors (Lipinski definition) is 1. The number of carbonyl (C=O) groups excluding carboxylic acids is 1. The van der Waals surface area contributed by atoms with Crippen molar-refractivity contribution in [3.63, 3.8) is 0 Å². The van der Waals surface area contributed by atoms with Crippen molar-refractivity contribution in [3.8, 4) is 5.75 Å². The van der Waals surface area contributed by atoms with Crippen LogP contribution < -0.4 is 10.1 Å². The van der Waals surface area contributed by atoms with Crippen LogP contribution in [-0.4, -0.2) is 25.2 Å². The van der Waals surface area contributed by atoms with Crippen LogP contribution in [0.4, 0.5) is 5.69 Å². The van der Waals surface area contributed by atoms with Gasteiger partial charge >= 0.3 is 0 Å². The molecule has 1 N–H and O–H groups in total. The number of ether oxygens (including phenoxy) is 2. The Morgan fingerprint density at radius 2 is 2.05 bits per heavy atom. The van der Waals surface area contributed by atoms with E-state index in [1.807, 2.05) is 45.9 Å². The number of amides is 1. The van der Waals surface area contributed by atoms with E-state index in [9.17, 15) is 4.79 Å². The van der Waals surface area contributed by atoms with Gasteiger partial charge in [-0.3, -0.25) is 4.79 Å². The second-order valence-corrected chi connectivity index (χ2v) is 5.07. The third-order valence-electron chi connectivity index (χ3n) is 3.43. The molecule has 0 saturated heterocycles. The summed E-state index contributed by atoms with van der Waals surface area (Å²) in [6, 6.07) is 5.58. The van der Waals surface area contributed by atoms with Crippen molar-refractivity contribution in [1.29, 1.82) is 0 Å². The molecule has 0 aromatic heterocycles. The Labute approximate surface area is 121 Å². The number of benzene rings is 1. The Hall–Kier alpha value is -1.55. The number of nitrogens with one attached hydrogen (secondary N) is 1. The van der Waals surface area contributed by atoms with Crippen LogP contribution in [0.3, 0.4) is 0 Å². The van der Waals surface area contributed by atoms with Gasteiger partial charge in [0.15, 0.2) is 0 Å². The molecule has 0 aliphatic rings. The molecule has 1 atom stereocenters. The molecule has 0 saturated carbocycles. The molecule has 0 spiro atoms. The summed E-state index contributed by atoms with van der Waals surface area (Å²) in [7, 11) is 1.63. The highest BCUT2D eigenvalue weighted by molar-refractivity contribution is 5.97. The van der Waals surface area contributed by atoms with Crippen LogP contribution in [-0.2, 0) is 9.53 Å². The lowest BCUT2D eigenvalue weighted by molar-refractivity contribution is -0.139. The molecule has 20 heavy (non-hydrogen) atoms. The van der Waals surface area contributed by atoms with Crippen LogP contribution >= 0.6 is 0 Å². The van der Waals surface area contributed by atoms with Crippen LogP contribution in [0.1, 0.15) is 39.2 Å². The van der Waals surface area contributed by atoms with E-state index in [0.29, 0.717) is 13.0 Å². The first-order valence-corrected chi connectivity index (χ1v) is 7.07. The first-order valence-electron chi connectivity index (χ1n) is 7.07. The van der Waals surface area contributed by atoms with Crippen LogP contribution in [0.25, 0.3) is 0 Å². The van der Waals surface area contributed by atoms with Gasteiger partial charge in [-0.15, -0.1) is 0 Å². The molecule has 0 fully saturated rings. The summed E-state index contributed by atoms with van der Waals surface area (Å²) in [6.45, 7) is 8.34. The molecule has 0 radical (unpaired) electrons. The lowest BCUT2D eigenvalue weighted by Crippen LogP contribution is -2.42. The summed E-state index contributed by atoms with van der Waals surface area (Å²) in [4.78, 5) is 12.4.